The van der Waals surface area contributed by atoms with Crippen LogP contribution in [-0.2, 0) is 6.54 Å². The number of aryl methyl sites for hydroxylation is 2. The van der Waals surface area contributed by atoms with Crippen molar-refractivity contribution in [1.82, 2.24) is 20.2 Å². The van der Waals surface area contributed by atoms with Crippen LogP contribution in [0.2, 0.25) is 5.02 Å². The Morgan fingerprint density at radius 2 is 2.00 bits per heavy atom. The minimum absolute atomic E-state index is 0.327. The summed E-state index contributed by atoms with van der Waals surface area (Å²) in [4.78, 5) is 7.16. The highest BCUT2D eigenvalue weighted by Crippen LogP contribution is 2.64. The molecule has 1 saturated heterocycles. The van der Waals surface area contributed by atoms with Gasteiger partial charge in [-0.2, -0.15) is 4.98 Å². The van der Waals surface area contributed by atoms with Gasteiger partial charge in [0.2, 0.25) is 11.7 Å². The first kappa shape index (κ1) is 17.9. The maximum Gasteiger partial charge on any atom is 0.230 e. The maximum absolute atomic E-state index is 6.08. The number of hydrogen-bond donors (Lipinski definition) is 0. The standard InChI is InChI=1S/C21H23ClN4O2/c1-13-17(14(2)27-24-13)12-26-8-6-21(7-9-26)11-18(21)20-23-19(25-28-20)15-4-3-5-16(22)10-15/h3-5,10,18H,6-9,11-12H2,1-2H3/t18-/m0/s1. The SMILES string of the molecule is Cc1noc(C)c1CN1CCC2(CC1)C[C@H]2c1nc(-c2cccc(Cl)c2)no1. The van der Waals surface area contributed by atoms with Gasteiger partial charge in [-0.25, -0.2) is 0 Å². The molecule has 2 aromatic heterocycles. The molecule has 2 aliphatic rings. The van der Waals surface area contributed by atoms with E-state index in [0.717, 1.165) is 61.8 Å². The molecule has 2 fully saturated rings. The highest BCUT2D eigenvalue weighted by Gasteiger charge is 2.58. The Hall–Kier alpha value is -2.18. The van der Waals surface area contributed by atoms with Crippen molar-refractivity contribution in [2.45, 2.75) is 45.6 Å². The quantitative estimate of drug-likeness (QED) is 0.630. The molecule has 1 aromatic carbocycles. The van der Waals surface area contributed by atoms with Crippen molar-refractivity contribution in [1.29, 1.82) is 0 Å². The van der Waals surface area contributed by atoms with Crippen LogP contribution in [0, 0.1) is 19.3 Å². The number of likely N-dealkylation sites (tertiary alicyclic amines) is 1. The summed E-state index contributed by atoms with van der Waals surface area (Å²) in [6, 6.07) is 7.57. The van der Waals surface area contributed by atoms with Gasteiger partial charge in [0, 0.05) is 28.6 Å². The molecule has 3 aromatic rings. The summed E-state index contributed by atoms with van der Waals surface area (Å²) in [5, 5.41) is 8.93. The predicted octanol–water partition coefficient (Wildman–Crippen LogP) is 4.76. The molecule has 0 N–H and O–H groups in total. The molecule has 1 aliphatic heterocycles. The van der Waals surface area contributed by atoms with Crippen molar-refractivity contribution in [3.8, 4) is 11.4 Å². The molecule has 5 rings (SSSR count). The van der Waals surface area contributed by atoms with E-state index in [9.17, 15) is 0 Å². The van der Waals surface area contributed by atoms with Crippen LogP contribution in [-0.4, -0.2) is 33.3 Å². The van der Waals surface area contributed by atoms with Crippen molar-refractivity contribution < 1.29 is 9.05 Å². The lowest BCUT2D eigenvalue weighted by atomic mass is 9.90. The van der Waals surface area contributed by atoms with Crippen molar-refractivity contribution >= 4 is 11.6 Å². The Balaban J connectivity index is 1.23. The van der Waals surface area contributed by atoms with Crippen molar-refractivity contribution in [2.75, 3.05) is 13.1 Å². The summed E-state index contributed by atoms with van der Waals surface area (Å²) in [5.41, 5.74) is 3.45. The van der Waals surface area contributed by atoms with Gasteiger partial charge in [-0.3, -0.25) is 4.90 Å². The minimum Gasteiger partial charge on any atom is -0.361 e. The van der Waals surface area contributed by atoms with E-state index in [1.54, 1.807) is 0 Å². The van der Waals surface area contributed by atoms with Gasteiger partial charge in [-0.05, 0) is 63.7 Å². The largest absolute Gasteiger partial charge is 0.361 e. The second-order valence-electron chi connectivity index (χ2n) is 8.16. The first-order chi connectivity index (χ1) is 13.5. The summed E-state index contributed by atoms with van der Waals surface area (Å²) in [5.74, 6) is 2.71. The van der Waals surface area contributed by atoms with Gasteiger partial charge >= 0.3 is 0 Å². The van der Waals surface area contributed by atoms with Gasteiger partial charge in [-0.1, -0.05) is 34.0 Å². The van der Waals surface area contributed by atoms with E-state index >= 15 is 0 Å². The molecule has 3 heterocycles. The Morgan fingerprint density at radius 3 is 2.71 bits per heavy atom. The zero-order valence-electron chi connectivity index (χ0n) is 16.1. The number of rotatable bonds is 4. The highest BCUT2D eigenvalue weighted by molar-refractivity contribution is 6.30. The Labute approximate surface area is 168 Å². The summed E-state index contributed by atoms with van der Waals surface area (Å²) in [7, 11) is 0. The van der Waals surface area contributed by atoms with E-state index in [0.29, 0.717) is 22.2 Å². The molecule has 1 atom stereocenters. The zero-order valence-corrected chi connectivity index (χ0v) is 16.9. The molecule has 28 heavy (non-hydrogen) atoms. The number of nitrogens with zero attached hydrogens (tertiary/aromatic N) is 4. The summed E-state index contributed by atoms with van der Waals surface area (Å²) < 4.78 is 10.9. The minimum atomic E-state index is 0.327. The van der Waals surface area contributed by atoms with Crippen molar-refractivity contribution in [2.24, 2.45) is 5.41 Å². The lowest BCUT2D eigenvalue weighted by Gasteiger charge is -2.32. The third-order valence-electron chi connectivity index (χ3n) is 6.43. The smallest absolute Gasteiger partial charge is 0.230 e. The van der Waals surface area contributed by atoms with Crippen LogP contribution in [0.4, 0.5) is 0 Å². The van der Waals surface area contributed by atoms with E-state index in [2.05, 4.69) is 20.2 Å². The number of halogens is 1. The molecule has 6 nitrogen and oxygen atoms in total. The number of aromatic nitrogens is 3. The fourth-order valence-electron chi connectivity index (χ4n) is 4.48. The molecule has 7 heteroatoms. The van der Waals surface area contributed by atoms with E-state index in [1.165, 1.54) is 5.56 Å². The molecule has 1 spiro atoms. The third-order valence-corrected chi connectivity index (χ3v) is 6.66. The average molecular weight is 399 g/mol. The molecule has 1 aliphatic carbocycles. The first-order valence-electron chi connectivity index (χ1n) is 9.78. The van der Waals surface area contributed by atoms with Crippen LogP contribution >= 0.6 is 11.6 Å². The maximum atomic E-state index is 6.08. The van der Waals surface area contributed by atoms with Gasteiger partial charge in [0.05, 0.1) is 5.69 Å². The molecule has 0 radical (unpaired) electrons. The molecule has 0 amide bonds. The van der Waals surface area contributed by atoms with Gasteiger partial charge in [0.1, 0.15) is 5.76 Å². The van der Waals surface area contributed by atoms with Crippen LogP contribution in [0.1, 0.15) is 48.1 Å². The van der Waals surface area contributed by atoms with E-state index in [4.69, 9.17) is 20.6 Å². The van der Waals surface area contributed by atoms with Crippen molar-refractivity contribution in [3.63, 3.8) is 0 Å². The van der Waals surface area contributed by atoms with Crippen LogP contribution in [0.5, 0.6) is 0 Å². The number of benzene rings is 1. The van der Waals surface area contributed by atoms with Gasteiger partial charge in [0.15, 0.2) is 0 Å². The lowest BCUT2D eigenvalue weighted by molar-refractivity contribution is 0.158. The first-order valence-corrected chi connectivity index (χ1v) is 10.2. The van der Waals surface area contributed by atoms with E-state index in [1.807, 2.05) is 38.1 Å². The average Bonchev–Trinajstić information content (AvgIpc) is 3.02. The van der Waals surface area contributed by atoms with Crippen LogP contribution in [0.15, 0.2) is 33.3 Å². The molecule has 146 valence electrons. The Morgan fingerprint density at radius 1 is 1.18 bits per heavy atom. The zero-order chi connectivity index (χ0) is 19.3. The fourth-order valence-corrected chi connectivity index (χ4v) is 4.67. The van der Waals surface area contributed by atoms with Gasteiger partial charge in [-0.15, -0.1) is 0 Å². The summed E-state index contributed by atoms with van der Waals surface area (Å²) in [6.07, 6.45) is 3.47. The molecular weight excluding hydrogens is 376 g/mol. The third kappa shape index (κ3) is 3.14. The summed E-state index contributed by atoms with van der Waals surface area (Å²) >= 11 is 6.08. The topological polar surface area (TPSA) is 68.2 Å². The van der Waals surface area contributed by atoms with Crippen LogP contribution in [0.25, 0.3) is 11.4 Å². The Kier molecular flexibility index (Phi) is 4.29. The molecule has 0 unspecified atom stereocenters. The molecule has 1 saturated carbocycles. The van der Waals surface area contributed by atoms with Gasteiger partial charge in [0.25, 0.3) is 0 Å². The number of piperidine rings is 1. The highest BCUT2D eigenvalue weighted by atomic mass is 35.5. The fraction of sp³-hybridized carbons (Fsp3) is 0.476. The van der Waals surface area contributed by atoms with E-state index < -0.39 is 0 Å². The van der Waals surface area contributed by atoms with Crippen LogP contribution < -0.4 is 0 Å². The summed E-state index contributed by atoms with van der Waals surface area (Å²) in [6.45, 7) is 7.08. The number of hydrogen-bond acceptors (Lipinski definition) is 6. The van der Waals surface area contributed by atoms with Crippen LogP contribution in [0.3, 0.4) is 0 Å². The molecule has 0 bridgehead atoms. The van der Waals surface area contributed by atoms with E-state index in [-0.39, 0.29) is 0 Å². The normalized spacial score (nSPS) is 21.3. The second kappa shape index (κ2) is 6.71. The predicted molar refractivity (Wildman–Crippen MR) is 105 cm³/mol. The monoisotopic (exact) mass is 398 g/mol. The Bertz CT molecular complexity index is 984. The lowest BCUT2D eigenvalue weighted by Crippen LogP contribution is -2.34. The second-order valence-corrected chi connectivity index (χ2v) is 8.60. The molecular formula is C21H23ClN4O2. The van der Waals surface area contributed by atoms with Crippen molar-refractivity contribution in [3.05, 3.63) is 52.2 Å². The van der Waals surface area contributed by atoms with Gasteiger partial charge < -0.3 is 9.05 Å².